The smallest absolute Gasteiger partial charge is 0.344 e. The maximum Gasteiger partial charge on any atom is 0.344 e. The molecule has 5 heteroatoms. The number of halogens is 1. The number of carbonyl (C=O) groups is 1. The number of hydrogen-bond acceptors (Lipinski definition) is 3. The Morgan fingerprint density at radius 1 is 1.42 bits per heavy atom. The number of aryl methyl sites for hydroxylation is 1. The average Bonchev–Trinajstić information content (AvgIpc) is 2.34. The van der Waals surface area contributed by atoms with Gasteiger partial charge in [0, 0.05) is 5.02 Å². The molecule has 1 aromatic carbocycles. The largest absolute Gasteiger partial charge is 0.479 e. The van der Waals surface area contributed by atoms with Crippen LogP contribution >= 0.6 is 11.6 Å². The van der Waals surface area contributed by atoms with Gasteiger partial charge in [0.2, 0.25) is 0 Å². The highest BCUT2D eigenvalue weighted by atomic mass is 35.5. The highest BCUT2D eigenvalue weighted by Crippen LogP contribution is 2.22. The quantitative estimate of drug-likeness (QED) is 0.873. The topological polar surface area (TPSA) is 58.6 Å². The molecule has 0 aromatic heterocycles. The van der Waals surface area contributed by atoms with Crippen LogP contribution in [0.3, 0.4) is 0 Å². The van der Waals surface area contributed by atoms with Crippen LogP contribution in [-0.2, 0) is 4.79 Å². The monoisotopic (exact) mass is 287 g/mol. The molecule has 1 rings (SSSR count). The van der Waals surface area contributed by atoms with Crippen LogP contribution < -0.4 is 10.1 Å². The van der Waals surface area contributed by atoms with Crippen molar-refractivity contribution in [2.75, 3.05) is 13.1 Å². The molecule has 0 aliphatic rings. The standard InChI is InChI=1S/C10H11ClO3.C4H11N/c1-6-5-8(11)3-4-9(6)14-7(2)10(12)13;1-3-5-4-2/h3-5,7H,1-2H3,(H,12,13);5H,3-4H2,1-2H3. The van der Waals surface area contributed by atoms with Crippen molar-refractivity contribution in [1.29, 1.82) is 0 Å². The predicted octanol–water partition coefficient (Wildman–Crippen LogP) is 3.12. The van der Waals surface area contributed by atoms with Gasteiger partial charge in [0.1, 0.15) is 5.75 Å². The molecule has 1 aromatic rings. The van der Waals surface area contributed by atoms with Crippen LogP contribution in [0.25, 0.3) is 0 Å². The van der Waals surface area contributed by atoms with E-state index >= 15 is 0 Å². The molecule has 0 heterocycles. The van der Waals surface area contributed by atoms with Gasteiger partial charge in [0.15, 0.2) is 6.10 Å². The number of nitrogens with one attached hydrogen (secondary N) is 1. The van der Waals surface area contributed by atoms with Gasteiger partial charge in [-0.05, 0) is 50.7 Å². The summed E-state index contributed by atoms with van der Waals surface area (Å²) in [5.41, 5.74) is 0.825. The number of ether oxygens (including phenoxy) is 1. The number of aliphatic carboxylic acids is 1. The molecule has 0 aliphatic heterocycles. The van der Waals surface area contributed by atoms with Gasteiger partial charge in [-0.15, -0.1) is 0 Å². The average molecular weight is 288 g/mol. The molecule has 2 N–H and O–H groups in total. The molecule has 4 nitrogen and oxygen atoms in total. The van der Waals surface area contributed by atoms with E-state index in [2.05, 4.69) is 19.2 Å². The Bertz CT molecular complexity index is 394. The SMILES string of the molecule is CCNCC.Cc1cc(Cl)ccc1OC(C)C(=O)O. The molecule has 0 radical (unpaired) electrons. The summed E-state index contributed by atoms with van der Waals surface area (Å²) in [6, 6.07) is 5.06. The van der Waals surface area contributed by atoms with Crippen LogP contribution in [0, 0.1) is 6.92 Å². The second-order valence-electron chi connectivity index (χ2n) is 3.97. The van der Waals surface area contributed by atoms with E-state index in [-0.39, 0.29) is 0 Å². The molecule has 0 spiro atoms. The summed E-state index contributed by atoms with van der Waals surface area (Å²) in [5.74, 6) is -0.441. The molecule has 0 aliphatic carbocycles. The van der Waals surface area contributed by atoms with E-state index in [1.165, 1.54) is 6.92 Å². The van der Waals surface area contributed by atoms with E-state index in [9.17, 15) is 4.79 Å². The Balaban J connectivity index is 0.000000555. The van der Waals surface area contributed by atoms with Crippen molar-refractivity contribution in [3.8, 4) is 5.75 Å². The summed E-state index contributed by atoms with van der Waals surface area (Å²) in [6.45, 7) is 9.69. The van der Waals surface area contributed by atoms with Crippen molar-refractivity contribution in [2.45, 2.75) is 33.8 Å². The number of hydrogen-bond donors (Lipinski definition) is 2. The Labute approximate surface area is 119 Å². The molecule has 0 amide bonds. The third-order valence-corrected chi connectivity index (χ3v) is 2.52. The summed E-state index contributed by atoms with van der Waals surface area (Å²) in [7, 11) is 0. The Hall–Kier alpha value is -1.26. The van der Waals surface area contributed by atoms with Gasteiger partial charge in [-0.2, -0.15) is 0 Å². The fourth-order valence-corrected chi connectivity index (χ4v) is 1.46. The van der Waals surface area contributed by atoms with Crippen molar-refractivity contribution in [2.24, 2.45) is 0 Å². The van der Waals surface area contributed by atoms with Crippen molar-refractivity contribution in [1.82, 2.24) is 5.32 Å². The minimum absolute atomic E-state index is 0.546. The summed E-state index contributed by atoms with van der Waals surface area (Å²) in [5, 5.41) is 12.4. The number of carboxylic acids is 1. The lowest BCUT2D eigenvalue weighted by Gasteiger charge is -2.12. The lowest BCUT2D eigenvalue weighted by atomic mass is 10.2. The van der Waals surface area contributed by atoms with Crippen LogP contribution in [-0.4, -0.2) is 30.3 Å². The van der Waals surface area contributed by atoms with Gasteiger partial charge in [-0.25, -0.2) is 4.79 Å². The van der Waals surface area contributed by atoms with Crippen LogP contribution in [0.1, 0.15) is 26.3 Å². The van der Waals surface area contributed by atoms with E-state index in [4.69, 9.17) is 21.4 Å². The summed E-state index contributed by atoms with van der Waals surface area (Å²) >= 11 is 5.74. The first kappa shape index (κ1) is 17.7. The van der Waals surface area contributed by atoms with Gasteiger partial charge in [0.05, 0.1) is 0 Å². The van der Waals surface area contributed by atoms with Crippen molar-refractivity contribution >= 4 is 17.6 Å². The van der Waals surface area contributed by atoms with Crippen molar-refractivity contribution < 1.29 is 14.6 Å². The molecule has 0 saturated carbocycles. The first-order valence-corrected chi connectivity index (χ1v) is 6.66. The first-order chi connectivity index (χ1) is 8.92. The van der Waals surface area contributed by atoms with Gasteiger partial charge in [0.25, 0.3) is 0 Å². The fourth-order valence-electron chi connectivity index (χ4n) is 1.24. The lowest BCUT2D eigenvalue weighted by Crippen LogP contribution is -2.23. The third kappa shape index (κ3) is 7.70. The summed E-state index contributed by atoms with van der Waals surface area (Å²) < 4.78 is 5.20. The highest BCUT2D eigenvalue weighted by molar-refractivity contribution is 6.30. The van der Waals surface area contributed by atoms with Crippen LogP contribution in [0.5, 0.6) is 5.75 Å². The Morgan fingerprint density at radius 3 is 2.37 bits per heavy atom. The number of rotatable bonds is 5. The summed E-state index contributed by atoms with van der Waals surface area (Å²) in [6.07, 6.45) is -0.852. The van der Waals surface area contributed by atoms with E-state index in [1.54, 1.807) is 18.2 Å². The molecule has 0 bridgehead atoms. The van der Waals surface area contributed by atoms with Crippen LogP contribution in [0.2, 0.25) is 5.02 Å². The van der Waals surface area contributed by atoms with Gasteiger partial charge in [-0.1, -0.05) is 25.4 Å². The molecule has 0 fully saturated rings. The number of benzene rings is 1. The van der Waals surface area contributed by atoms with E-state index in [1.807, 2.05) is 6.92 Å². The maximum atomic E-state index is 10.5. The second-order valence-corrected chi connectivity index (χ2v) is 4.40. The molecule has 0 saturated heterocycles. The normalized spacial score (nSPS) is 11.2. The van der Waals surface area contributed by atoms with Crippen molar-refractivity contribution in [3.05, 3.63) is 28.8 Å². The maximum absolute atomic E-state index is 10.5. The molecule has 1 atom stereocenters. The molecule has 19 heavy (non-hydrogen) atoms. The van der Waals surface area contributed by atoms with Gasteiger partial charge in [-0.3, -0.25) is 0 Å². The zero-order valence-electron chi connectivity index (χ0n) is 11.9. The predicted molar refractivity (Wildman–Crippen MR) is 78.1 cm³/mol. The van der Waals surface area contributed by atoms with Gasteiger partial charge >= 0.3 is 5.97 Å². The van der Waals surface area contributed by atoms with E-state index in [0.717, 1.165) is 18.7 Å². The summed E-state index contributed by atoms with van der Waals surface area (Å²) in [4.78, 5) is 10.5. The highest BCUT2D eigenvalue weighted by Gasteiger charge is 2.13. The minimum Gasteiger partial charge on any atom is -0.479 e. The molecule has 1 unspecified atom stereocenters. The second kappa shape index (κ2) is 9.64. The van der Waals surface area contributed by atoms with E-state index in [0.29, 0.717) is 10.8 Å². The Kier molecular flexibility index (Phi) is 9.00. The number of carboxylic acid groups (broad SMARTS) is 1. The van der Waals surface area contributed by atoms with Crippen molar-refractivity contribution in [3.63, 3.8) is 0 Å². The molecular formula is C14H22ClNO3. The molecule has 108 valence electrons. The van der Waals surface area contributed by atoms with Crippen LogP contribution in [0.4, 0.5) is 0 Å². The zero-order chi connectivity index (χ0) is 14.8. The Morgan fingerprint density at radius 2 is 2.00 bits per heavy atom. The minimum atomic E-state index is -0.987. The molecular weight excluding hydrogens is 266 g/mol. The van der Waals surface area contributed by atoms with E-state index < -0.39 is 12.1 Å². The van der Waals surface area contributed by atoms with Gasteiger partial charge < -0.3 is 15.2 Å². The first-order valence-electron chi connectivity index (χ1n) is 6.28. The van der Waals surface area contributed by atoms with Crippen LogP contribution in [0.15, 0.2) is 18.2 Å². The lowest BCUT2D eigenvalue weighted by molar-refractivity contribution is -0.144. The fraction of sp³-hybridized carbons (Fsp3) is 0.500. The third-order valence-electron chi connectivity index (χ3n) is 2.29. The zero-order valence-corrected chi connectivity index (χ0v) is 12.6.